The maximum Gasteiger partial charge on any atom is 0.163 e. The zero-order chi connectivity index (χ0) is 13.3. The molecule has 0 amide bonds. The fraction of sp³-hybridized carbons (Fsp3) is 0.500. The molecular formula is C12H18N6. The van der Waals surface area contributed by atoms with Gasteiger partial charge in [-0.3, -0.25) is 0 Å². The maximum atomic E-state index is 4.60. The van der Waals surface area contributed by atoms with Crippen LogP contribution >= 0.6 is 0 Å². The second kappa shape index (κ2) is 4.36. The Kier molecular flexibility index (Phi) is 3.02. The van der Waals surface area contributed by atoms with Crippen LogP contribution in [-0.4, -0.2) is 31.8 Å². The van der Waals surface area contributed by atoms with Crippen molar-refractivity contribution in [2.24, 2.45) is 0 Å². The summed E-state index contributed by atoms with van der Waals surface area (Å²) >= 11 is 0. The zero-order valence-electron chi connectivity index (χ0n) is 11.4. The SMILES string of the molecule is CNc1nc(C(C)(C)C)nc(-n2cncn2)c1C. The highest BCUT2D eigenvalue weighted by atomic mass is 15.3. The van der Waals surface area contributed by atoms with Gasteiger partial charge in [0.15, 0.2) is 5.82 Å². The zero-order valence-corrected chi connectivity index (χ0v) is 11.4. The first kappa shape index (κ1) is 12.5. The molecule has 0 aromatic carbocycles. The highest BCUT2D eigenvalue weighted by Gasteiger charge is 2.21. The summed E-state index contributed by atoms with van der Waals surface area (Å²) in [7, 11) is 1.85. The van der Waals surface area contributed by atoms with Crippen molar-refractivity contribution in [2.75, 3.05) is 12.4 Å². The van der Waals surface area contributed by atoms with Crippen LogP contribution in [0.15, 0.2) is 12.7 Å². The third kappa shape index (κ3) is 2.18. The van der Waals surface area contributed by atoms with Crippen molar-refractivity contribution >= 4 is 5.82 Å². The molecular weight excluding hydrogens is 228 g/mol. The van der Waals surface area contributed by atoms with E-state index in [4.69, 9.17) is 0 Å². The molecule has 6 heteroatoms. The van der Waals surface area contributed by atoms with Gasteiger partial charge in [-0.1, -0.05) is 20.8 Å². The van der Waals surface area contributed by atoms with Gasteiger partial charge in [0.05, 0.1) is 0 Å². The Balaban J connectivity index is 2.65. The van der Waals surface area contributed by atoms with Crippen molar-refractivity contribution < 1.29 is 0 Å². The highest BCUT2D eigenvalue weighted by Crippen LogP contribution is 2.24. The molecule has 0 unspecified atom stereocenters. The average molecular weight is 246 g/mol. The van der Waals surface area contributed by atoms with Crippen LogP contribution in [0.1, 0.15) is 32.2 Å². The number of nitrogens with zero attached hydrogens (tertiary/aromatic N) is 5. The second-order valence-electron chi connectivity index (χ2n) is 5.18. The summed E-state index contributed by atoms with van der Waals surface area (Å²) in [5.41, 5.74) is 0.838. The lowest BCUT2D eigenvalue weighted by molar-refractivity contribution is 0.542. The normalized spacial score (nSPS) is 11.6. The van der Waals surface area contributed by atoms with Gasteiger partial charge < -0.3 is 5.32 Å². The van der Waals surface area contributed by atoms with E-state index < -0.39 is 0 Å². The summed E-state index contributed by atoms with van der Waals surface area (Å²) < 4.78 is 1.66. The molecule has 2 rings (SSSR count). The van der Waals surface area contributed by atoms with Gasteiger partial charge in [-0.15, -0.1) is 0 Å². The summed E-state index contributed by atoms with van der Waals surface area (Å²) in [5.74, 6) is 2.36. The van der Waals surface area contributed by atoms with Crippen LogP contribution < -0.4 is 5.32 Å². The van der Waals surface area contributed by atoms with Gasteiger partial charge in [0.25, 0.3) is 0 Å². The summed E-state index contributed by atoms with van der Waals surface area (Å²) in [6.45, 7) is 8.22. The number of anilines is 1. The highest BCUT2D eigenvalue weighted by molar-refractivity contribution is 5.51. The van der Waals surface area contributed by atoms with Crippen LogP contribution in [0.25, 0.3) is 5.82 Å². The first-order valence-corrected chi connectivity index (χ1v) is 5.85. The smallest absolute Gasteiger partial charge is 0.163 e. The molecule has 0 bridgehead atoms. The van der Waals surface area contributed by atoms with Crippen LogP contribution in [0, 0.1) is 6.92 Å². The van der Waals surface area contributed by atoms with Gasteiger partial charge in [0.1, 0.15) is 24.3 Å². The monoisotopic (exact) mass is 246 g/mol. The van der Waals surface area contributed by atoms with Crippen LogP contribution in [0.4, 0.5) is 5.82 Å². The third-order valence-electron chi connectivity index (χ3n) is 2.66. The molecule has 96 valence electrons. The quantitative estimate of drug-likeness (QED) is 0.873. The van der Waals surface area contributed by atoms with Crippen LogP contribution in [-0.2, 0) is 5.41 Å². The maximum absolute atomic E-state index is 4.60. The summed E-state index contributed by atoms with van der Waals surface area (Å²) in [6, 6.07) is 0. The molecule has 2 aromatic rings. The molecule has 0 saturated heterocycles. The van der Waals surface area contributed by atoms with Gasteiger partial charge in [-0.05, 0) is 6.92 Å². The molecule has 0 aliphatic carbocycles. The van der Waals surface area contributed by atoms with E-state index in [9.17, 15) is 0 Å². The molecule has 18 heavy (non-hydrogen) atoms. The van der Waals surface area contributed by atoms with Crippen molar-refractivity contribution in [1.29, 1.82) is 0 Å². The molecule has 0 atom stereocenters. The van der Waals surface area contributed by atoms with Gasteiger partial charge in [0, 0.05) is 18.0 Å². The number of hydrogen-bond acceptors (Lipinski definition) is 5. The van der Waals surface area contributed by atoms with Crippen molar-refractivity contribution in [3.05, 3.63) is 24.0 Å². The molecule has 2 heterocycles. The van der Waals surface area contributed by atoms with Gasteiger partial charge >= 0.3 is 0 Å². The molecule has 0 radical (unpaired) electrons. The Bertz CT molecular complexity index is 538. The fourth-order valence-electron chi connectivity index (χ4n) is 1.62. The first-order valence-electron chi connectivity index (χ1n) is 5.85. The molecule has 0 fully saturated rings. The summed E-state index contributed by atoms with van der Waals surface area (Å²) in [4.78, 5) is 13.1. The lowest BCUT2D eigenvalue weighted by Crippen LogP contribution is -2.20. The van der Waals surface area contributed by atoms with Crippen molar-refractivity contribution in [3.8, 4) is 5.82 Å². The Morgan fingerprint density at radius 1 is 1.22 bits per heavy atom. The molecule has 1 N–H and O–H groups in total. The van der Waals surface area contributed by atoms with Crippen LogP contribution in [0.3, 0.4) is 0 Å². The molecule has 6 nitrogen and oxygen atoms in total. The van der Waals surface area contributed by atoms with Crippen LogP contribution in [0.5, 0.6) is 0 Å². The Morgan fingerprint density at radius 3 is 2.44 bits per heavy atom. The van der Waals surface area contributed by atoms with Gasteiger partial charge in [0.2, 0.25) is 0 Å². The topological polar surface area (TPSA) is 68.5 Å². The van der Waals surface area contributed by atoms with E-state index in [0.717, 1.165) is 23.0 Å². The Hall–Kier alpha value is -1.98. The first-order chi connectivity index (χ1) is 8.43. The minimum absolute atomic E-state index is 0.116. The van der Waals surface area contributed by atoms with Gasteiger partial charge in [-0.2, -0.15) is 5.10 Å². The number of aromatic nitrogens is 5. The van der Waals surface area contributed by atoms with Crippen molar-refractivity contribution in [2.45, 2.75) is 33.1 Å². The number of rotatable bonds is 2. The van der Waals surface area contributed by atoms with E-state index in [2.05, 4.69) is 46.1 Å². The van der Waals surface area contributed by atoms with Crippen LogP contribution in [0.2, 0.25) is 0 Å². The van der Waals surface area contributed by atoms with E-state index in [1.807, 2.05) is 14.0 Å². The van der Waals surface area contributed by atoms with E-state index in [1.54, 1.807) is 11.0 Å². The summed E-state index contributed by atoms with van der Waals surface area (Å²) in [5, 5.41) is 7.23. The predicted octanol–water partition coefficient (Wildman–Crippen LogP) is 1.70. The molecule has 0 aliphatic heterocycles. The van der Waals surface area contributed by atoms with Crippen molar-refractivity contribution in [1.82, 2.24) is 24.7 Å². The lowest BCUT2D eigenvalue weighted by Gasteiger charge is -2.20. The van der Waals surface area contributed by atoms with E-state index in [0.29, 0.717) is 0 Å². The van der Waals surface area contributed by atoms with Crippen molar-refractivity contribution in [3.63, 3.8) is 0 Å². The van der Waals surface area contributed by atoms with Gasteiger partial charge in [-0.25, -0.2) is 19.6 Å². The standard InChI is InChI=1S/C12H18N6/c1-8-9(13-5)16-11(12(2,3)4)17-10(8)18-7-14-6-15-18/h6-7H,1-5H3,(H,13,16,17). The Labute approximate surface area is 106 Å². The molecule has 2 aromatic heterocycles. The van der Waals surface area contributed by atoms with E-state index in [-0.39, 0.29) is 5.41 Å². The minimum atomic E-state index is -0.116. The van der Waals surface area contributed by atoms with E-state index in [1.165, 1.54) is 6.33 Å². The molecule has 0 spiro atoms. The van der Waals surface area contributed by atoms with E-state index >= 15 is 0 Å². The largest absolute Gasteiger partial charge is 0.373 e. The Morgan fingerprint density at radius 2 is 1.94 bits per heavy atom. The number of nitrogens with one attached hydrogen (secondary N) is 1. The fourth-order valence-corrected chi connectivity index (χ4v) is 1.62. The second-order valence-corrected chi connectivity index (χ2v) is 5.18. The summed E-state index contributed by atoms with van der Waals surface area (Å²) in [6.07, 6.45) is 3.14. The third-order valence-corrected chi connectivity index (χ3v) is 2.66. The molecule has 0 aliphatic rings. The minimum Gasteiger partial charge on any atom is -0.373 e. The number of hydrogen-bond donors (Lipinski definition) is 1. The lowest BCUT2D eigenvalue weighted by atomic mass is 9.95. The average Bonchev–Trinajstić information content (AvgIpc) is 2.81. The predicted molar refractivity (Wildman–Crippen MR) is 69.9 cm³/mol. The molecule has 0 saturated carbocycles.